The average molecular weight is 149 g/mol. The Morgan fingerprint density at radius 1 is 1.73 bits per heavy atom. The second-order valence-electron chi connectivity index (χ2n) is 2.19. The van der Waals surface area contributed by atoms with E-state index >= 15 is 0 Å². The third-order valence-electron chi connectivity index (χ3n) is 1.20. The van der Waals surface area contributed by atoms with Crippen LogP contribution in [-0.4, -0.2) is 16.5 Å². The fourth-order valence-electron chi connectivity index (χ4n) is 0.698. The van der Waals surface area contributed by atoms with Gasteiger partial charge in [0.2, 0.25) is 5.95 Å². The van der Waals surface area contributed by atoms with Gasteiger partial charge in [-0.05, 0) is 13.0 Å². The summed E-state index contributed by atoms with van der Waals surface area (Å²) in [4.78, 5) is 8.15. The molecule has 0 aliphatic carbocycles. The Kier molecular flexibility index (Phi) is 2.60. The number of aryl methyl sites for hydroxylation is 1. The van der Waals surface area contributed by atoms with Crippen molar-refractivity contribution in [3.63, 3.8) is 0 Å². The second kappa shape index (κ2) is 3.71. The average Bonchev–Trinajstić information content (AvgIpc) is 2.01. The van der Waals surface area contributed by atoms with Gasteiger partial charge in [-0.3, -0.25) is 0 Å². The minimum Gasteiger partial charge on any atom is -0.351 e. The molecule has 0 atom stereocenters. The van der Waals surface area contributed by atoms with Gasteiger partial charge in [0, 0.05) is 18.4 Å². The van der Waals surface area contributed by atoms with Crippen molar-refractivity contribution in [1.29, 1.82) is 0 Å². The lowest BCUT2D eigenvalue weighted by molar-refractivity contribution is 1.08. The summed E-state index contributed by atoms with van der Waals surface area (Å²) in [5.74, 6) is 0.657. The van der Waals surface area contributed by atoms with Crippen molar-refractivity contribution in [2.45, 2.75) is 6.92 Å². The molecule has 0 aromatic carbocycles. The lowest BCUT2D eigenvalue weighted by Crippen LogP contribution is -2.02. The van der Waals surface area contributed by atoms with Crippen LogP contribution in [-0.2, 0) is 0 Å². The summed E-state index contributed by atoms with van der Waals surface area (Å²) in [6.45, 7) is 6.21. The maximum Gasteiger partial charge on any atom is 0.223 e. The molecule has 0 saturated heterocycles. The molecule has 0 fully saturated rings. The second-order valence-corrected chi connectivity index (χ2v) is 2.19. The summed E-state index contributed by atoms with van der Waals surface area (Å²) in [5, 5.41) is 2.99. The third-order valence-corrected chi connectivity index (χ3v) is 1.20. The van der Waals surface area contributed by atoms with Crippen LogP contribution < -0.4 is 5.32 Å². The highest BCUT2D eigenvalue weighted by Gasteiger charge is 1.91. The normalized spacial score (nSPS) is 9.18. The maximum absolute atomic E-state index is 4.14. The van der Waals surface area contributed by atoms with Gasteiger partial charge < -0.3 is 5.32 Å². The van der Waals surface area contributed by atoms with Gasteiger partial charge in [0.05, 0.1) is 0 Å². The molecule has 11 heavy (non-hydrogen) atoms. The Bertz CT molecular complexity index is 245. The van der Waals surface area contributed by atoms with Crippen LogP contribution in [0.2, 0.25) is 0 Å². The predicted octanol–water partition coefficient (Wildman–Crippen LogP) is 1.38. The van der Waals surface area contributed by atoms with Crippen molar-refractivity contribution in [3.05, 3.63) is 30.6 Å². The summed E-state index contributed by atoms with van der Waals surface area (Å²) in [7, 11) is 0. The molecular weight excluding hydrogens is 138 g/mol. The van der Waals surface area contributed by atoms with E-state index in [0.29, 0.717) is 12.5 Å². The molecule has 0 radical (unpaired) electrons. The number of nitrogens with zero attached hydrogens (tertiary/aromatic N) is 2. The molecule has 0 unspecified atom stereocenters. The van der Waals surface area contributed by atoms with E-state index in [1.54, 1.807) is 12.3 Å². The van der Waals surface area contributed by atoms with Gasteiger partial charge in [0.15, 0.2) is 0 Å². The van der Waals surface area contributed by atoms with Crippen molar-refractivity contribution in [2.24, 2.45) is 0 Å². The number of hydrogen-bond acceptors (Lipinski definition) is 3. The SMILES string of the molecule is C=CCNc1nccc(C)n1. The molecule has 0 aliphatic heterocycles. The molecule has 0 spiro atoms. The Labute approximate surface area is 66.2 Å². The molecule has 3 heteroatoms. The highest BCUT2D eigenvalue weighted by atomic mass is 15.1. The summed E-state index contributed by atoms with van der Waals surface area (Å²) in [6.07, 6.45) is 3.50. The first-order valence-electron chi connectivity index (χ1n) is 3.47. The van der Waals surface area contributed by atoms with E-state index < -0.39 is 0 Å². The van der Waals surface area contributed by atoms with Gasteiger partial charge in [0.25, 0.3) is 0 Å². The highest BCUT2D eigenvalue weighted by Crippen LogP contribution is 1.97. The monoisotopic (exact) mass is 149 g/mol. The molecule has 0 bridgehead atoms. The third kappa shape index (κ3) is 2.37. The van der Waals surface area contributed by atoms with Crippen molar-refractivity contribution < 1.29 is 0 Å². The van der Waals surface area contributed by atoms with Crippen molar-refractivity contribution in [3.8, 4) is 0 Å². The Balaban J connectivity index is 2.63. The van der Waals surface area contributed by atoms with Crippen LogP contribution in [0.25, 0.3) is 0 Å². The van der Waals surface area contributed by atoms with Crippen LogP contribution in [0.4, 0.5) is 5.95 Å². The molecule has 1 rings (SSSR count). The van der Waals surface area contributed by atoms with Gasteiger partial charge in [-0.1, -0.05) is 6.08 Å². The standard InChI is InChI=1S/C8H11N3/c1-3-5-9-8-10-6-4-7(2)11-8/h3-4,6H,1,5H2,2H3,(H,9,10,11). The summed E-state index contributed by atoms with van der Waals surface area (Å²) >= 11 is 0. The number of rotatable bonds is 3. The Morgan fingerprint density at radius 3 is 3.18 bits per heavy atom. The maximum atomic E-state index is 4.14. The highest BCUT2D eigenvalue weighted by molar-refractivity contribution is 5.25. The molecule has 1 aromatic heterocycles. The lowest BCUT2D eigenvalue weighted by Gasteiger charge is -1.99. The molecule has 0 aliphatic rings. The summed E-state index contributed by atoms with van der Waals surface area (Å²) in [6, 6.07) is 1.86. The van der Waals surface area contributed by atoms with Crippen LogP contribution in [0.3, 0.4) is 0 Å². The van der Waals surface area contributed by atoms with Crippen molar-refractivity contribution in [1.82, 2.24) is 9.97 Å². The fourth-order valence-corrected chi connectivity index (χ4v) is 0.698. The van der Waals surface area contributed by atoms with E-state index in [0.717, 1.165) is 5.69 Å². The first-order chi connectivity index (χ1) is 5.33. The fraction of sp³-hybridized carbons (Fsp3) is 0.250. The first-order valence-corrected chi connectivity index (χ1v) is 3.47. The number of hydrogen-bond donors (Lipinski definition) is 1. The van der Waals surface area contributed by atoms with Gasteiger partial charge in [-0.15, -0.1) is 6.58 Å². The lowest BCUT2D eigenvalue weighted by atomic mass is 10.5. The zero-order valence-corrected chi connectivity index (χ0v) is 6.54. The molecule has 1 N–H and O–H groups in total. The van der Waals surface area contributed by atoms with E-state index in [-0.39, 0.29) is 0 Å². The van der Waals surface area contributed by atoms with Crippen LogP contribution in [0.15, 0.2) is 24.9 Å². The molecule has 3 nitrogen and oxygen atoms in total. The van der Waals surface area contributed by atoms with Crippen LogP contribution in [0, 0.1) is 6.92 Å². The number of aromatic nitrogens is 2. The molecule has 0 amide bonds. The van der Waals surface area contributed by atoms with Gasteiger partial charge in [-0.25, -0.2) is 9.97 Å². The largest absolute Gasteiger partial charge is 0.351 e. The Morgan fingerprint density at radius 2 is 2.55 bits per heavy atom. The van der Waals surface area contributed by atoms with E-state index in [9.17, 15) is 0 Å². The molecule has 0 saturated carbocycles. The summed E-state index contributed by atoms with van der Waals surface area (Å²) < 4.78 is 0. The Hall–Kier alpha value is -1.38. The molecule has 1 heterocycles. The zero-order valence-electron chi connectivity index (χ0n) is 6.54. The van der Waals surface area contributed by atoms with E-state index in [2.05, 4.69) is 21.9 Å². The van der Waals surface area contributed by atoms with Gasteiger partial charge >= 0.3 is 0 Å². The zero-order chi connectivity index (χ0) is 8.10. The number of anilines is 1. The smallest absolute Gasteiger partial charge is 0.223 e. The van der Waals surface area contributed by atoms with Gasteiger partial charge in [-0.2, -0.15) is 0 Å². The van der Waals surface area contributed by atoms with E-state index in [4.69, 9.17) is 0 Å². The minimum atomic E-state index is 0.657. The van der Waals surface area contributed by atoms with Gasteiger partial charge in [0.1, 0.15) is 0 Å². The van der Waals surface area contributed by atoms with E-state index in [1.807, 2.05) is 13.0 Å². The molecule has 58 valence electrons. The van der Waals surface area contributed by atoms with Crippen molar-refractivity contribution >= 4 is 5.95 Å². The van der Waals surface area contributed by atoms with Crippen LogP contribution in [0.5, 0.6) is 0 Å². The molecule has 1 aromatic rings. The predicted molar refractivity (Wildman–Crippen MR) is 45.5 cm³/mol. The van der Waals surface area contributed by atoms with Crippen LogP contribution in [0.1, 0.15) is 5.69 Å². The molecular formula is C8H11N3. The number of nitrogens with one attached hydrogen (secondary N) is 1. The van der Waals surface area contributed by atoms with Crippen LogP contribution >= 0.6 is 0 Å². The minimum absolute atomic E-state index is 0.657. The van der Waals surface area contributed by atoms with E-state index in [1.165, 1.54) is 0 Å². The van der Waals surface area contributed by atoms with Crippen molar-refractivity contribution in [2.75, 3.05) is 11.9 Å². The summed E-state index contributed by atoms with van der Waals surface area (Å²) in [5.41, 5.74) is 0.964. The quantitative estimate of drug-likeness (QED) is 0.660. The topological polar surface area (TPSA) is 37.8 Å². The first kappa shape index (κ1) is 7.72.